The van der Waals surface area contributed by atoms with Crippen LogP contribution in [0.4, 0.5) is 0 Å². The lowest BCUT2D eigenvalue weighted by atomic mass is 10.1. The first kappa shape index (κ1) is 35.6. The van der Waals surface area contributed by atoms with Crippen molar-refractivity contribution in [1.82, 2.24) is 0 Å². The van der Waals surface area contributed by atoms with Crippen LogP contribution in [0.25, 0.3) is 0 Å². The molecule has 0 amide bonds. The Morgan fingerprint density at radius 1 is 0.686 bits per heavy atom. The molecule has 0 bridgehead atoms. The summed E-state index contributed by atoms with van der Waals surface area (Å²) < 4.78 is 0. The maximum atomic E-state index is 10.2. The van der Waals surface area contributed by atoms with Crippen molar-refractivity contribution in [3.05, 3.63) is 0 Å². The third-order valence-electron chi connectivity index (χ3n) is 3.55. The highest BCUT2D eigenvalue weighted by atomic mass is 16.4. The van der Waals surface area contributed by atoms with Crippen LogP contribution in [0.5, 0.6) is 0 Å². The van der Waals surface area contributed by atoms with Crippen molar-refractivity contribution in [2.24, 2.45) is 44.4 Å². The first-order valence-electron chi connectivity index (χ1n) is 10.1. The molecule has 0 aromatic carbocycles. The predicted molar refractivity (Wildman–Crippen MR) is 125 cm³/mol. The molecule has 0 saturated carbocycles. The van der Waals surface area contributed by atoms with E-state index in [1.165, 1.54) is 0 Å². The Kier molecular flexibility index (Phi) is 22.2. The number of hydrogen-bond donors (Lipinski definition) is 10. The monoisotopic (exact) mass is 508 g/mol. The SMILES string of the molecule is NC(N)=NCCC[C@@H](N)C(=O)O.NC(N)=NCCC[C@H](N)CC(=O)O.O=C(O)CCC(=O)C(=O)O. The fourth-order valence-electron chi connectivity index (χ4n) is 1.86. The maximum Gasteiger partial charge on any atom is 0.372 e. The van der Waals surface area contributed by atoms with Gasteiger partial charge < -0.3 is 54.8 Å². The number of rotatable bonds is 15. The van der Waals surface area contributed by atoms with E-state index < -0.39 is 48.5 Å². The minimum absolute atomic E-state index is 0.0121. The molecule has 0 fully saturated rings. The van der Waals surface area contributed by atoms with E-state index in [2.05, 4.69) is 9.98 Å². The van der Waals surface area contributed by atoms with Crippen molar-refractivity contribution < 1.29 is 44.4 Å². The molecule has 0 aromatic heterocycles. The van der Waals surface area contributed by atoms with Crippen molar-refractivity contribution in [2.45, 2.75) is 57.0 Å². The molecule has 35 heavy (non-hydrogen) atoms. The van der Waals surface area contributed by atoms with Gasteiger partial charge in [0.15, 0.2) is 11.9 Å². The van der Waals surface area contributed by atoms with Gasteiger partial charge in [-0.25, -0.2) is 4.79 Å². The van der Waals surface area contributed by atoms with Gasteiger partial charge in [-0.15, -0.1) is 0 Å². The first-order valence-corrected chi connectivity index (χ1v) is 10.1. The molecule has 17 nitrogen and oxygen atoms in total. The minimum atomic E-state index is -1.58. The fourth-order valence-corrected chi connectivity index (χ4v) is 1.86. The summed E-state index contributed by atoms with van der Waals surface area (Å²) >= 11 is 0. The molecule has 0 heterocycles. The van der Waals surface area contributed by atoms with Crippen LogP contribution >= 0.6 is 0 Å². The Bertz CT molecular complexity index is 735. The standard InChI is InChI=1S/C7H16N4O2.C6H14N4O2.C5H6O5/c8-5(4-6(12)13)2-1-3-11-7(9)10;7-4(5(11)12)2-1-3-10-6(8)9;6-3(5(9)10)1-2-4(7)8/h5H,1-4,8H2,(H,12,13)(H4,9,10,11);4H,1-3,7H2,(H,11,12)(H4,8,9,10);1-2H2,(H,7,8)(H,9,10)/t5-;4-;/m01./s1. The summed E-state index contributed by atoms with van der Waals surface area (Å²) in [6.07, 6.45) is 1.39. The van der Waals surface area contributed by atoms with Crippen molar-refractivity contribution in [3.63, 3.8) is 0 Å². The molecule has 202 valence electrons. The third-order valence-corrected chi connectivity index (χ3v) is 3.55. The van der Waals surface area contributed by atoms with Gasteiger partial charge in [0.2, 0.25) is 5.78 Å². The van der Waals surface area contributed by atoms with Crippen LogP contribution in [0.3, 0.4) is 0 Å². The predicted octanol–water partition coefficient (Wildman–Crippen LogP) is -3.20. The normalized spacial score (nSPS) is 11.1. The molecule has 16 N–H and O–H groups in total. The van der Waals surface area contributed by atoms with Crippen LogP contribution in [-0.4, -0.2) is 87.2 Å². The number of aliphatic carboxylic acids is 4. The number of carboxylic acid groups (broad SMARTS) is 4. The molecule has 0 unspecified atom stereocenters. The third kappa shape index (κ3) is 32.3. The lowest BCUT2D eigenvalue weighted by Crippen LogP contribution is -2.30. The van der Waals surface area contributed by atoms with Gasteiger partial charge in [0.05, 0.1) is 12.8 Å². The molecule has 0 aliphatic heterocycles. The molecular weight excluding hydrogens is 472 g/mol. The number of carbonyl (C=O) groups excluding carboxylic acids is 1. The van der Waals surface area contributed by atoms with Gasteiger partial charge in [-0.05, 0) is 25.7 Å². The van der Waals surface area contributed by atoms with Crippen LogP contribution in [0, 0.1) is 0 Å². The average molecular weight is 509 g/mol. The Morgan fingerprint density at radius 3 is 1.49 bits per heavy atom. The summed E-state index contributed by atoms with van der Waals surface area (Å²) in [5, 5.41) is 32.7. The molecule has 0 rings (SSSR count). The van der Waals surface area contributed by atoms with Crippen LogP contribution in [0.15, 0.2) is 9.98 Å². The summed E-state index contributed by atoms with van der Waals surface area (Å²) in [5.41, 5.74) is 31.0. The Hall–Kier alpha value is -3.99. The number of carbonyl (C=O) groups is 5. The zero-order chi connectivity index (χ0) is 28.0. The number of hydrogen-bond acceptors (Lipinski definition) is 9. The molecule has 0 spiro atoms. The van der Waals surface area contributed by atoms with Crippen molar-refractivity contribution in [2.75, 3.05) is 13.1 Å². The lowest BCUT2D eigenvalue weighted by molar-refractivity contribution is -0.149. The Morgan fingerprint density at radius 2 is 1.14 bits per heavy atom. The highest BCUT2D eigenvalue weighted by Crippen LogP contribution is 1.99. The number of ketones is 1. The van der Waals surface area contributed by atoms with Crippen LogP contribution < -0.4 is 34.4 Å². The van der Waals surface area contributed by atoms with E-state index >= 15 is 0 Å². The fraction of sp³-hybridized carbons (Fsp3) is 0.611. The van der Waals surface area contributed by atoms with Gasteiger partial charge in [-0.3, -0.25) is 29.2 Å². The number of nitrogens with two attached hydrogens (primary N) is 6. The van der Waals surface area contributed by atoms with Gasteiger partial charge in [0, 0.05) is 25.6 Å². The number of aliphatic imine (C=N–C) groups is 2. The zero-order valence-electron chi connectivity index (χ0n) is 19.2. The first-order chi connectivity index (χ1) is 16.1. The van der Waals surface area contributed by atoms with E-state index in [1.54, 1.807) is 0 Å². The van der Waals surface area contributed by atoms with E-state index in [4.69, 9.17) is 54.8 Å². The van der Waals surface area contributed by atoms with Crippen molar-refractivity contribution >= 4 is 41.6 Å². The summed E-state index contributed by atoms with van der Waals surface area (Å²) in [4.78, 5) is 57.6. The maximum absolute atomic E-state index is 10.2. The smallest absolute Gasteiger partial charge is 0.372 e. The van der Waals surface area contributed by atoms with E-state index in [0.29, 0.717) is 38.8 Å². The highest BCUT2D eigenvalue weighted by Gasteiger charge is 2.12. The molecular formula is C18H36N8O9. The molecule has 0 aliphatic carbocycles. The summed E-state index contributed by atoms with van der Waals surface area (Å²) in [7, 11) is 0. The lowest BCUT2D eigenvalue weighted by Gasteiger charge is -2.06. The average Bonchev–Trinajstić information content (AvgIpc) is 2.72. The number of nitrogens with zero attached hydrogens (tertiary/aromatic N) is 2. The quantitative estimate of drug-likeness (QED) is 0.0450. The minimum Gasteiger partial charge on any atom is -0.481 e. The molecule has 2 atom stereocenters. The summed E-state index contributed by atoms with van der Waals surface area (Å²) in [6.45, 7) is 0.916. The number of carboxylic acids is 4. The van der Waals surface area contributed by atoms with Crippen molar-refractivity contribution in [3.8, 4) is 0 Å². The largest absolute Gasteiger partial charge is 0.481 e. The van der Waals surface area contributed by atoms with Gasteiger partial charge in [0.25, 0.3) is 0 Å². The molecule has 0 saturated heterocycles. The topological polar surface area (TPSA) is 347 Å². The van der Waals surface area contributed by atoms with Gasteiger partial charge >= 0.3 is 23.9 Å². The molecule has 0 aromatic rings. The second-order valence-electron chi connectivity index (χ2n) is 6.82. The van der Waals surface area contributed by atoms with E-state index in [0.717, 1.165) is 0 Å². The highest BCUT2D eigenvalue weighted by molar-refractivity contribution is 6.32. The second-order valence-corrected chi connectivity index (χ2v) is 6.82. The van der Waals surface area contributed by atoms with Gasteiger partial charge in [-0.2, -0.15) is 0 Å². The van der Waals surface area contributed by atoms with E-state index in [9.17, 15) is 24.0 Å². The summed E-state index contributed by atoms with van der Waals surface area (Å²) in [6, 6.07) is -1.13. The Labute approximate surface area is 201 Å². The number of Topliss-reactive ketones (excluding diaryl/α,β-unsaturated/α-hetero) is 1. The number of guanidine groups is 2. The van der Waals surface area contributed by atoms with Gasteiger partial charge in [-0.1, -0.05) is 0 Å². The van der Waals surface area contributed by atoms with Crippen LogP contribution in [0.1, 0.15) is 44.9 Å². The van der Waals surface area contributed by atoms with Crippen molar-refractivity contribution in [1.29, 1.82) is 0 Å². The van der Waals surface area contributed by atoms with Crippen LogP contribution in [-0.2, 0) is 24.0 Å². The summed E-state index contributed by atoms with van der Waals surface area (Å²) in [5.74, 6) is -5.64. The van der Waals surface area contributed by atoms with E-state index in [-0.39, 0.29) is 24.4 Å². The van der Waals surface area contributed by atoms with E-state index in [1.807, 2.05) is 0 Å². The molecule has 0 radical (unpaired) electrons. The molecule has 0 aliphatic rings. The molecule has 17 heteroatoms. The zero-order valence-corrected chi connectivity index (χ0v) is 19.2. The second kappa shape index (κ2) is 21.8. The van der Waals surface area contributed by atoms with Crippen LogP contribution in [0.2, 0.25) is 0 Å². The Balaban J connectivity index is -0.000000443. The van der Waals surface area contributed by atoms with Gasteiger partial charge in [0.1, 0.15) is 6.04 Å².